The topological polar surface area (TPSA) is 49.9 Å². The van der Waals surface area contributed by atoms with Crippen molar-refractivity contribution in [2.24, 2.45) is 11.8 Å². The van der Waals surface area contributed by atoms with E-state index < -0.39 is 0 Å². The number of hydrogen-bond acceptors (Lipinski definition) is 4. The van der Waals surface area contributed by atoms with Crippen molar-refractivity contribution in [3.63, 3.8) is 0 Å². The van der Waals surface area contributed by atoms with Gasteiger partial charge in [0.2, 0.25) is 5.91 Å². The first kappa shape index (κ1) is 15.7. The van der Waals surface area contributed by atoms with Crippen molar-refractivity contribution < 1.29 is 14.3 Å². The summed E-state index contributed by atoms with van der Waals surface area (Å²) in [5.74, 6) is -0.169. The number of esters is 1. The van der Waals surface area contributed by atoms with E-state index >= 15 is 0 Å². The molecule has 0 saturated heterocycles. The second-order valence-corrected chi connectivity index (χ2v) is 5.37. The summed E-state index contributed by atoms with van der Waals surface area (Å²) in [6.07, 6.45) is 5.61. The minimum absolute atomic E-state index is 0.0886. The number of hydrogen-bond donors (Lipinski definition) is 0. The molecule has 0 aromatic heterocycles. The van der Waals surface area contributed by atoms with Crippen LogP contribution in [0.1, 0.15) is 19.8 Å². The lowest BCUT2D eigenvalue weighted by molar-refractivity contribution is -0.146. The third kappa shape index (κ3) is 5.03. The lowest BCUT2D eigenvalue weighted by Crippen LogP contribution is -2.42. The van der Waals surface area contributed by atoms with Crippen molar-refractivity contribution in [2.45, 2.75) is 19.8 Å². The predicted molar refractivity (Wildman–Crippen MR) is 73.3 cm³/mol. The van der Waals surface area contributed by atoms with E-state index in [2.05, 4.69) is 6.08 Å². The Hall–Kier alpha value is -1.36. The van der Waals surface area contributed by atoms with Gasteiger partial charge in [0, 0.05) is 25.8 Å². The SMILES string of the molecule is CC(=O)OCC1CC=CCC1C(=O)N(C)CN(C)C. The van der Waals surface area contributed by atoms with Crippen LogP contribution in [0.25, 0.3) is 0 Å². The van der Waals surface area contributed by atoms with Crippen LogP contribution in [0.3, 0.4) is 0 Å². The molecule has 0 aromatic rings. The number of amides is 1. The molecule has 0 radical (unpaired) electrons. The molecule has 0 aliphatic heterocycles. The first-order valence-corrected chi connectivity index (χ1v) is 6.60. The fourth-order valence-electron chi connectivity index (χ4n) is 2.36. The van der Waals surface area contributed by atoms with Gasteiger partial charge < -0.3 is 9.64 Å². The second-order valence-electron chi connectivity index (χ2n) is 5.37. The summed E-state index contributed by atoms with van der Waals surface area (Å²) in [5, 5.41) is 0. The highest BCUT2D eigenvalue weighted by atomic mass is 16.5. The van der Waals surface area contributed by atoms with Gasteiger partial charge in [0.15, 0.2) is 0 Å². The predicted octanol–water partition coefficient (Wildman–Crippen LogP) is 1.11. The van der Waals surface area contributed by atoms with E-state index in [4.69, 9.17) is 4.74 Å². The summed E-state index contributed by atoms with van der Waals surface area (Å²) in [7, 11) is 5.67. The first-order valence-electron chi connectivity index (χ1n) is 6.60. The Morgan fingerprint density at radius 2 is 1.84 bits per heavy atom. The maximum Gasteiger partial charge on any atom is 0.302 e. The van der Waals surface area contributed by atoms with Crippen LogP contribution in [-0.4, -0.2) is 56.1 Å². The number of nitrogens with zero attached hydrogens (tertiary/aromatic N) is 2. The molecule has 0 heterocycles. The largest absolute Gasteiger partial charge is 0.466 e. The number of carbonyl (C=O) groups excluding carboxylic acids is 2. The minimum atomic E-state index is -0.289. The molecule has 108 valence electrons. The molecule has 0 spiro atoms. The van der Waals surface area contributed by atoms with E-state index in [0.29, 0.717) is 13.3 Å². The van der Waals surface area contributed by atoms with Crippen molar-refractivity contribution >= 4 is 11.9 Å². The maximum absolute atomic E-state index is 12.4. The van der Waals surface area contributed by atoms with Crippen LogP contribution in [0.5, 0.6) is 0 Å². The van der Waals surface area contributed by atoms with Crippen molar-refractivity contribution in [1.29, 1.82) is 0 Å². The van der Waals surface area contributed by atoms with Crippen LogP contribution >= 0.6 is 0 Å². The summed E-state index contributed by atoms with van der Waals surface area (Å²) < 4.78 is 5.07. The van der Waals surface area contributed by atoms with Crippen LogP contribution in [-0.2, 0) is 14.3 Å². The number of ether oxygens (including phenoxy) is 1. The number of rotatable bonds is 5. The van der Waals surface area contributed by atoms with Crippen LogP contribution < -0.4 is 0 Å². The van der Waals surface area contributed by atoms with E-state index in [9.17, 15) is 9.59 Å². The highest BCUT2D eigenvalue weighted by Crippen LogP contribution is 2.27. The lowest BCUT2D eigenvalue weighted by Gasteiger charge is -2.31. The molecule has 1 aliphatic rings. The Balaban J connectivity index is 2.63. The first-order chi connectivity index (χ1) is 8.91. The zero-order chi connectivity index (χ0) is 14.4. The molecule has 0 fully saturated rings. The average Bonchev–Trinajstić information content (AvgIpc) is 2.35. The Kier molecular flexibility index (Phi) is 6.02. The molecule has 0 N–H and O–H groups in total. The Labute approximate surface area is 115 Å². The van der Waals surface area contributed by atoms with Crippen LogP contribution in [0.4, 0.5) is 0 Å². The molecule has 1 aliphatic carbocycles. The lowest BCUT2D eigenvalue weighted by atomic mass is 9.82. The molecule has 2 atom stereocenters. The molecular formula is C14H24N2O3. The third-order valence-corrected chi connectivity index (χ3v) is 3.25. The summed E-state index contributed by atoms with van der Waals surface area (Å²) in [6, 6.07) is 0. The van der Waals surface area contributed by atoms with Crippen molar-refractivity contribution in [2.75, 3.05) is 34.4 Å². The smallest absolute Gasteiger partial charge is 0.302 e. The summed E-state index contributed by atoms with van der Waals surface area (Å²) in [5.41, 5.74) is 0. The van der Waals surface area contributed by atoms with E-state index in [1.165, 1.54) is 6.92 Å². The molecule has 1 amide bonds. The standard InChI is InChI=1S/C14H24N2O3/c1-11(17)19-9-12-7-5-6-8-13(12)14(18)16(4)10-15(2)3/h5-6,12-13H,7-10H2,1-4H3. The van der Waals surface area contributed by atoms with Gasteiger partial charge in [0.05, 0.1) is 13.3 Å². The summed E-state index contributed by atoms with van der Waals surface area (Å²) in [4.78, 5) is 27.0. The normalized spacial score (nSPS) is 22.4. The third-order valence-electron chi connectivity index (χ3n) is 3.25. The summed E-state index contributed by atoms with van der Waals surface area (Å²) >= 11 is 0. The van der Waals surface area contributed by atoms with Gasteiger partial charge in [0.1, 0.15) is 0 Å². The maximum atomic E-state index is 12.4. The quantitative estimate of drug-likeness (QED) is 0.426. The molecule has 0 bridgehead atoms. The Morgan fingerprint density at radius 1 is 1.21 bits per heavy atom. The molecule has 1 rings (SSSR count). The van der Waals surface area contributed by atoms with Crippen LogP contribution in [0, 0.1) is 11.8 Å². The van der Waals surface area contributed by atoms with E-state index in [0.717, 1.165) is 12.8 Å². The zero-order valence-electron chi connectivity index (χ0n) is 12.3. The molecule has 5 nitrogen and oxygen atoms in total. The molecule has 2 unspecified atom stereocenters. The van der Waals surface area contributed by atoms with Crippen molar-refractivity contribution in [3.05, 3.63) is 12.2 Å². The van der Waals surface area contributed by atoms with Gasteiger partial charge >= 0.3 is 5.97 Å². The minimum Gasteiger partial charge on any atom is -0.466 e. The van der Waals surface area contributed by atoms with Crippen molar-refractivity contribution in [1.82, 2.24) is 9.80 Å². The van der Waals surface area contributed by atoms with E-state index in [1.54, 1.807) is 4.90 Å². The van der Waals surface area contributed by atoms with Gasteiger partial charge in [-0.05, 0) is 26.9 Å². The Bertz CT molecular complexity index is 353. The van der Waals surface area contributed by atoms with Crippen molar-refractivity contribution in [3.8, 4) is 0 Å². The molecule has 0 saturated carbocycles. The van der Waals surface area contributed by atoms with E-state index in [1.807, 2.05) is 32.1 Å². The number of allylic oxidation sites excluding steroid dienone is 2. The second kappa shape index (κ2) is 7.28. The monoisotopic (exact) mass is 268 g/mol. The fourth-order valence-corrected chi connectivity index (χ4v) is 2.36. The average molecular weight is 268 g/mol. The van der Waals surface area contributed by atoms with E-state index in [-0.39, 0.29) is 23.7 Å². The molecule has 19 heavy (non-hydrogen) atoms. The van der Waals surface area contributed by atoms with Gasteiger partial charge in [0.25, 0.3) is 0 Å². The van der Waals surface area contributed by atoms with Gasteiger partial charge in [-0.15, -0.1) is 0 Å². The fraction of sp³-hybridized carbons (Fsp3) is 0.714. The molecular weight excluding hydrogens is 244 g/mol. The van der Waals surface area contributed by atoms with Gasteiger partial charge in [-0.25, -0.2) is 0 Å². The van der Waals surface area contributed by atoms with Gasteiger partial charge in [-0.1, -0.05) is 12.2 Å². The zero-order valence-corrected chi connectivity index (χ0v) is 12.3. The molecule has 0 aromatic carbocycles. The van der Waals surface area contributed by atoms with Gasteiger partial charge in [-0.2, -0.15) is 0 Å². The highest BCUT2D eigenvalue weighted by molar-refractivity contribution is 5.79. The highest BCUT2D eigenvalue weighted by Gasteiger charge is 2.31. The van der Waals surface area contributed by atoms with Crippen LogP contribution in [0.2, 0.25) is 0 Å². The van der Waals surface area contributed by atoms with Gasteiger partial charge in [-0.3, -0.25) is 14.5 Å². The number of carbonyl (C=O) groups is 2. The molecule has 5 heteroatoms. The summed E-state index contributed by atoms with van der Waals surface area (Å²) in [6.45, 7) is 2.32. The van der Waals surface area contributed by atoms with Crippen LogP contribution in [0.15, 0.2) is 12.2 Å². The Morgan fingerprint density at radius 3 is 2.42 bits per heavy atom.